The Balaban J connectivity index is 1.67. The lowest BCUT2D eigenvalue weighted by molar-refractivity contribution is -0.135. The van der Waals surface area contributed by atoms with Gasteiger partial charge in [0.2, 0.25) is 11.8 Å². The number of nitrogens with one attached hydrogen (secondary N) is 1. The Morgan fingerprint density at radius 3 is 2.14 bits per heavy atom. The molecule has 0 spiro atoms. The number of hydrogen-bond donors (Lipinski definition) is 1. The maximum absolute atomic E-state index is 12.3. The van der Waals surface area contributed by atoms with E-state index < -0.39 is 0 Å². The summed E-state index contributed by atoms with van der Waals surface area (Å²) >= 11 is 0. The van der Waals surface area contributed by atoms with Crippen molar-refractivity contribution < 1.29 is 14.3 Å². The Labute approximate surface area is 132 Å². The van der Waals surface area contributed by atoms with Crippen LogP contribution in [0.25, 0.3) is 0 Å². The lowest BCUT2D eigenvalue weighted by Gasteiger charge is -2.36. The van der Waals surface area contributed by atoms with Gasteiger partial charge in [0.15, 0.2) is 0 Å². The topological polar surface area (TPSA) is 65.1 Å². The first-order valence-electron chi connectivity index (χ1n) is 8.14. The van der Waals surface area contributed by atoms with E-state index in [1.54, 1.807) is 0 Å². The van der Waals surface area contributed by atoms with Gasteiger partial charge in [-0.1, -0.05) is 0 Å². The number of carbonyl (C=O) groups excluding carboxylic acids is 2. The summed E-state index contributed by atoms with van der Waals surface area (Å²) in [5.74, 6) is 0.247. The van der Waals surface area contributed by atoms with Crippen LogP contribution in [0.15, 0.2) is 0 Å². The van der Waals surface area contributed by atoms with E-state index in [4.69, 9.17) is 4.74 Å². The summed E-state index contributed by atoms with van der Waals surface area (Å²) in [4.78, 5) is 30.2. The molecule has 126 valence electrons. The number of hydrogen-bond acceptors (Lipinski definition) is 5. The standard InChI is InChI=1S/C15H28N4O3/c1-13(2)16-14(20)11-17-3-5-19(6-4-17)15(21)12-18-7-9-22-10-8-18/h13H,3-12H2,1-2H3,(H,16,20). The predicted octanol–water partition coefficient (Wildman–Crippen LogP) is -1.01. The van der Waals surface area contributed by atoms with Crippen molar-refractivity contribution in [3.8, 4) is 0 Å². The highest BCUT2D eigenvalue weighted by molar-refractivity contribution is 5.79. The summed E-state index contributed by atoms with van der Waals surface area (Å²) in [6.07, 6.45) is 0. The molecule has 0 radical (unpaired) electrons. The zero-order chi connectivity index (χ0) is 15.9. The molecule has 2 heterocycles. The van der Waals surface area contributed by atoms with E-state index >= 15 is 0 Å². The highest BCUT2D eigenvalue weighted by Gasteiger charge is 2.24. The predicted molar refractivity (Wildman–Crippen MR) is 83.6 cm³/mol. The van der Waals surface area contributed by atoms with Crippen molar-refractivity contribution in [1.29, 1.82) is 0 Å². The SMILES string of the molecule is CC(C)NC(=O)CN1CCN(C(=O)CN2CCOCC2)CC1. The molecule has 2 rings (SSSR count). The Bertz CT molecular complexity index is 375. The van der Waals surface area contributed by atoms with Crippen LogP contribution in [0.1, 0.15) is 13.8 Å². The number of nitrogens with zero attached hydrogens (tertiary/aromatic N) is 3. The number of amides is 2. The maximum Gasteiger partial charge on any atom is 0.236 e. The van der Waals surface area contributed by atoms with Gasteiger partial charge in [-0.15, -0.1) is 0 Å². The van der Waals surface area contributed by atoms with Crippen molar-refractivity contribution in [2.24, 2.45) is 0 Å². The summed E-state index contributed by atoms with van der Waals surface area (Å²) in [5.41, 5.74) is 0. The first-order chi connectivity index (χ1) is 10.5. The number of rotatable bonds is 5. The molecule has 0 aromatic carbocycles. The third-order valence-corrected chi connectivity index (χ3v) is 4.00. The highest BCUT2D eigenvalue weighted by atomic mass is 16.5. The van der Waals surface area contributed by atoms with Crippen LogP contribution in [0.5, 0.6) is 0 Å². The molecule has 22 heavy (non-hydrogen) atoms. The average Bonchev–Trinajstić information content (AvgIpc) is 2.48. The molecule has 0 bridgehead atoms. The summed E-state index contributed by atoms with van der Waals surface area (Å²) in [7, 11) is 0. The first-order valence-corrected chi connectivity index (χ1v) is 8.14. The van der Waals surface area contributed by atoms with E-state index in [9.17, 15) is 9.59 Å². The minimum Gasteiger partial charge on any atom is -0.379 e. The fraction of sp³-hybridized carbons (Fsp3) is 0.867. The number of carbonyl (C=O) groups is 2. The van der Waals surface area contributed by atoms with Crippen LogP contribution in [0.4, 0.5) is 0 Å². The molecule has 0 aliphatic carbocycles. The largest absolute Gasteiger partial charge is 0.379 e. The Hall–Kier alpha value is -1.18. The molecule has 0 atom stereocenters. The van der Waals surface area contributed by atoms with Crippen molar-refractivity contribution in [3.05, 3.63) is 0 Å². The van der Waals surface area contributed by atoms with E-state index in [0.717, 1.165) is 26.2 Å². The average molecular weight is 312 g/mol. The summed E-state index contributed by atoms with van der Waals surface area (Å²) in [5, 5.41) is 2.90. The fourth-order valence-electron chi connectivity index (χ4n) is 2.78. The van der Waals surface area contributed by atoms with Gasteiger partial charge in [-0.2, -0.15) is 0 Å². The Morgan fingerprint density at radius 1 is 0.955 bits per heavy atom. The van der Waals surface area contributed by atoms with Crippen molar-refractivity contribution >= 4 is 11.8 Å². The molecule has 7 nitrogen and oxygen atoms in total. The molecule has 0 aromatic rings. The summed E-state index contributed by atoms with van der Waals surface area (Å²) in [6, 6.07) is 0.170. The van der Waals surface area contributed by atoms with Gasteiger partial charge in [0, 0.05) is 45.3 Å². The van der Waals surface area contributed by atoms with E-state index in [1.165, 1.54) is 0 Å². The van der Waals surface area contributed by atoms with Gasteiger partial charge >= 0.3 is 0 Å². The zero-order valence-electron chi connectivity index (χ0n) is 13.7. The van der Waals surface area contributed by atoms with Gasteiger partial charge in [-0.05, 0) is 13.8 Å². The molecular formula is C15H28N4O3. The van der Waals surface area contributed by atoms with Gasteiger partial charge in [0.25, 0.3) is 0 Å². The summed E-state index contributed by atoms with van der Waals surface area (Å²) in [6.45, 7) is 10.9. The molecule has 0 aromatic heterocycles. The first kappa shape index (κ1) is 17.2. The van der Waals surface area contributed by atoms with Crippen molar-refractivity contribution in [1.82, 2.24) is 20.0 Å². The number of piperazine rings is 1. The molecule has 2 amide bonds. The van der Waals surface area contributed by atoms with Gasteiger partial charge in [0.1, 0.15) is 0 Å². The molecule has 2 aliphatic heterocycles. The summed E-state index contributed by atoms with van der Waals surface area (Å²) < 4.78 is 5.29. The highest BCUT2D eigenvalue weighted by Crippen LogP contribution is 2.04. The van der Waals surface area contributed by atoms with Crippen molar-refractivity contribution in [2.75, 3.05) is 65.6 Å². The molecule has 0 saturated carbocycles. The Morgan fingerprint density at radius 2 is 1.55 bits per heavy atom. The normalized spacial score (nSPS) is 21.1. The molecule has 0 unspecified atom stereocenters. The van der Waals surface area contributed by atoms with Crippen LogP contribution in [-0.2, 0) is 14.3 Å². The van der Waals surface area contributed by atoms with E-state index in [0.29, 0.717) is 39.4 Å². The van der Waals surface area contributed by atoms with Crippen LogP contribution in [0.2, 0.25) is 0 Å². The lowest BCUT2D eigenvalue weighted by Crippen LogP contribution is -2.53. The van der Waals surface area contributed by atoms with Crippen LogP contribution in [-0.4, -0.2) is 98.1 Å². The minimum absolute atomic E-state index is 0.0584. The van der Waals surface area contributed by atoms with Crippen molar-refractivity contribution in [3.63, 3.8) is 0 Å². The van der Waals surface area contributed by atoms with Gasteiger partial charge in [-0.25, -0.2) is 0 Å². The van der Waals surface area contributed by atoms with Gasteiger partial charge in [-0.3, -0.25) is 19.4 Å². The third kappa shape index (κ3) is 5.55. The third-order valence-electron chi connectivity index (χ3n) is 4.00. The van der Waals surface area contributed by atoms with Crippen LogP contribution in [0, 0.1) is 0 Å². The van der Waals surface area contributed by atoms with Crippen LogP contribution in [0.3, 0.4) is 0 Å². The van der Waals surface area contributed by atoms with Crippen LogP contribution < -0.4 is 5.32 Å². The lowest BCUT2D eigenvalue weighted by atomic mass is 10.3. The van der Waals surface area contributed by atoms with E-state index in [1.807, 2.05) is 18.7 Å². The molecule has 1 N–H and O–H groups in total. The van der Waals surface area contributed by atoms with E-state index in [2.05, 4.69) is 15.1 Å². The quantitative estimate of drug-likeness (QED) is 0.704. The molecule has 7 heteroatoms. The van der Waals surface area contributed by atoms with Gasteiger partial charge in [0.05, 0.1) is 26.3 Å². The maximum atomic E-state index is 12.3. The molecule has 2 fully saturated rings. The number of ether oxygens (including phenoxy) is 1. The molecule has 2 saturated heterocycles. The monoisotopic (exact) mass is 312 g/mol. The Kier molecular flexibility index (Phi) is 6.60. The molecular weight excluding hydrogens is 284 g/mol. The zero-order valence-corrected chi connectivity index (χ0v) is 13.7. The van der Waals surface area contributed by atoms with Crippen molar-refractivity contribution in [2.45, 2.75) is 19.9 Å². The second-order valence-corrected chi connectivity index (χ2v) is 6.27. The van der Waals surface area contributed by atoms with Crippen LogP contribution >= 0.6 is 0 Å². The second kappa shape index (κ2) is 8.45. The van der Waals surface area contributed by atoms with E-state index in [-0.39, 0.29) is 17.9 Å². The molecule has 2 aliphatic rings. The van der Waals surface area contributed by atoms with Gasteiger partial charge < -0.3 is 15.0 Å². The smallest absolute Gasteiger partial charge is 0.236 e. The minimum atomic E-state index is 0.0584. The fourth-order valence-corrected chi connectivity index (χ4v) is 2.78. The second-order valence-electron chi connectivity index (χ2n) is 6.27. The number of morpholine rings is 1.